The maximum Gasteiger partial charge on any atom is 0.338 e. The van der Waals surface area contributed by atoms with Crippen molar-refractivity contribution in [1.82, 2.24) is 9.13 Å². The van der Waals surface area contributed by atoms with Gasteiger partial charge in [0.2, 0.25) is 5.91 Å². The molecule has 2 aromatic rings. The molecular formula is C19H20N4O6. The fourth-order valence-electron chi connectivity index (χ4n) is 3.03. The number of hydrogen-bond acceptors (Lipinski definition) is 7. The third kappa shape index (κ3) is 3.68. The molecule has 10 heteroatoms. The van der Waals surface area contributed by atoms with Crippen molar-refractivity contribution in [2.45, 2.75) is 19.4 Å². The first kappa shape index (κ1) is 20.1. The molecule has 2 amide bonds. The zero-order chi connectivity index (χ0) is 21.3. The molecule has 0 bridgehead atoms. The highest BCUT2D eigenvalue weighted by molar-refractivity contribution is 6.23. The maximum absolute atomic E-state index is 12.8. The minimum absolute atomic E-state index is 0.137. The molecule has 0 spiro atoms. The van der Waals surface area contributed by atoms with E-state index in [1.54, 1.807) is 6.92 Å². The lowest BCUT2D eigenvalue weighted by Crippen LogP contribution is -2.40. The van der Waals surface area contributed by atoms with E-state index in [1.807, 2.05) is 0 Å². The summed E-state index contributed by atoms with van der Waals surface area (Å²) in [6.45, 7) is 1.93. The number of ether oxygens (including phenoxy) is 1. The quantitative estimate of drug-likeness (QED) is 0.554. The van der Waals surface area contributed by atoms with Gasteiger partial charge in [-0.3, -0.25) is 23.5 Å². The number of carbonyl (C=O) groups excluding carboxylic acids is 3. The van der Waals surface area contributed by atoms with Gasteiger partial charge in [0, 0.05) is 20.2 Å². The number of carbonyl (C=O) groups is 3. The van der Waals surface area contributed by atoms with Crippen LogP contribution in [-0.4, -0.2) is 39.6 Å². The molecule has 1 aliphatic rings. The van der Waals surface area contributed by atoms with Crippen molar-refractivity contribution in [1.29, 1.82) is 0 Å². The van der Waals surface area contributed by atoms with Gasteiger partial charge in [0.1, 0.15) is 11.9 Å². The van der Waals surface area contributed by atoms with Crippen molar-refractivity contribution < 1.29 is 19.1 Å². The largest absolute Gasteiger partial charge is 0.462 e. The number of nitrogens with zero attached hydrogens (tertiary/aromatic N) is 3. The molecule has 1 fully saturated rings. The summed E-state index contributed by atoms with van der Waals surface area (Å²) in [5.41, 5.74) is -0.461. The lowest BCUT2D eigenvalue weighted by atomic mass is 10.2. The highest BCUT2D eigenvalue weighted by Gasteiger charge is 2.40. The van der Waals surface area contributed by atoms with Crippen LogP contribution in [0.5, 0.6) is 0 Å². The van der Waals surface area contributed by atoms with Gasteiger partial charge in [0.05, 0.1) is 24.3 Å². The fraction of sp³-hybridized carbons (Fsp3) is 0.316. The summed E-state index contributed by atoms with van der Waals surface area (Å²) in [7, 11) is 2.80. The minimum atomic E-state index is -0.926. The molecule has 10 nitrogen and oxygen atoms in total. The van der Waals surface area contributed by atoms with Gasteiger partial charge < -0.3 is 10.1 Å². The predicted octanol–water partition coefficient (Wildman–Crippen LogP) is 0.00470. The summed E-state index contributed by atoms with van der Waals surface area (Å²) >= 11 is 0. The number of rotatable bonds is 5. The van der Waals surface area contributed by atoms with Crippen LogP contribution >= 0.6 is 0 Å². The monoisotopic (exact) mass is 400 g/mol. The molecule has 1 saturated heterocycles. The van der Waals surface area contributed by atoms with Crippen molar-refractivity contribution in [3.8, 4) is 0 Å². The third-order valence-corrected chi connectivity index (χ3v) is 4.63. The van der Waals surface area contributed by atoms with Gasteiger partial charge in [0.15, 0.2) is 0 Å². The Hall–Kier alpha value is -3.69. The standard InChI is InChI=1S/C19H20N4O6/c1-4-29-18(27)11-5-7-12(8-6-11)23-16(25)9-13(17(23)26)20-14-10-15(24)22(3)19(28)21(14)2/h5-8,10,13,20H,4,9H2,1-3H3. The average molecular weight is 400 g/mol. The molecule has 0 aliphatic carbocycles. The van der Waals surface area contributed by atoms with Crippen LogP contribution in [0.15, 0.2) is 39.9 Å². The third-order valence-electron chi connectivity index (χ3n) is 4.63. The van der Waals surface area contributed by atoms with Crippen LogP contribution in [0, 0.1) is 0 Å². The normalized spacial score (nSPS) is 16.2. The number of hydrogen-bond donors (Lipinski definition) is 1. The van der Waals surface area contributed by atoms with Crippen LogP contribution in [0.3, 0.4) is 0 Å². The highest BCUT2D eigenvalue weighted by Crippen LogP contribution is 2.25. The van der Waals surface area contributed by atoms with Crippen molar-refractivity contribution in [2.75, 3.05) is 16.8 Å². The Balaban J connectivity index is 1.83. The average Bonchev–Trinajstić information content (AvgIpc) is 2.98. The van der Waals surface area contributed by atoms with Gasteiger partial charge in [0.25, 0.3) is 11.5 Å². The van der Waals surface area contributed by atoms with E-state index in [4.69, 9.17) is 4.74 Å². The summed E-state index contributed by atoms with van der Waals surface area (Å²) in [5.74, 6) is -1.31. The van der Waals surface area contributed by atoms with Gasteiger partial charge in [-0.05, 0) is 31.2 Å². The summed E-state index contributed by atoms with van der Waals surface area (Å²) in [5, 5.41) is 2.81. The summed E-state index contributed by atoms with van der Waals surface area (Å²) < 4.78 is 7.03. The van der Waals surface area contributed by atoms with Crippen molar-refractivity contribution >= 4 is 29.3 Å². The van der Waals surface area contributed by atoms with E-state index in [0.29, 0.717) is 11.3 Å². The summed E-state index contributed by atoms with van der Waals surface area (Å²) in [6.07, 6.45) is -0.137. The Labute approximate surface area is 165 Å². The number of nitrogens with one attached hydrogen (secondary N) is 1. The molecule has 1 aromatic heterocycles. The van der Waals surface area contributed by atoms with Crippen LogP contribution in [0.25, 0.3) is 0 Å². The van der Waals surface area contributed by atoms with Gasteiger partial charge in [-0.25, -0.2) is 14.5 Å². The van der Waals surface area contributed by atoms with Crippen molar-refractivity contribution in [3.05, 3.63) is 56.7 Å². The number of benzene rings is 1. The van der Waals surface area contributed by atoms with E-state index < -0.39 is 35.1 Å². The molecule has 1 atom stereocenters. The predicted molar refractivity (Wildman–Crippen MR) is 104 cm³/mol. The first-order valence-corrected chi connectivity index (χ1v) is 8.92. The van der Waals surface area contributed by atoms with Crippen molar-refractivity contribution in [3.63, 3.8) is 0 Å². The Morgan fingerprint density at radius 1 is 1.10 bits per heavy atom. The van der Waals surface area contributed by atoms with E-state index in [-0.39, 0.29) is 18.8 Å². The fourth-order valence-corrected chi connectivity index (χ4v) is 3.03. The molecule has 1 unspecified atom stereocenters. The molecule has 1 aliphatic heterocycles. The zero-order valence-corrected chi connectivity index (χ0v) is 16.2. The molecule has 29 heavy (non-hydrogen) atoms. The summed E-state index contributed by atoms with van der Waals surface area (Å²) in [6, 6.07) is 6.18. The van der Waals surface area contributed by atoms with Gasteiger partial charge in [-0.2, -0.15) is 0 Å². The van der Waals surface area contributed by atoms with E-state index in [2.05, 4.69) is 5.32 Å². The van der Waals surface area contributed by atoms with Gasteiger partial charge in [-0.1, -0.05) is 0 Å². The first-order valence-electron chi connectivity index (χ1n) is 8.92. The molecule has 1 aromatic carbocycles. The van der Waals surface area contributed by atoms with Crippen LogP contribution < -0.4 is 21.5 Å². The van der Waals surface area contributed by atoms with E-state index in [1.165, 1.54) is 49.0 Å². The SMILES string of the molecule is CCOC(=O)c1ccc(N2C(=O)CC(Nc3cc(=O)n(C)c(=O)n3C)C2=O)cc1. The molecule has 0 radical (unpaired) electrons. The van der Waals surface area contributed by atoms with E-state index in [0.717, 1.165) is 9.47 Å². The molecular weight excluding hydrogens is 380 g/mol. The number of anilines is 2. The van der Waals surface area contributed by atoms with Gasteiger partial charge >= 0.3 is 11.7 Å². The molecule has 3 rings (SSSR count). The molecule has 0 saturated carbocycles. The van der Waals surface area contributed by atoms with Gasteiger partial charge in [-0.15, -0.1) is 0 Å². The molecule has 2 heterocycles. The lowest BCUT2D eigenvalue weighted by Gasteiger charge is -2.17. The smallest absolute Gasteiger partial charge is 0.338 e. The first-order chi connectivity index (χ1) is 13.7. The lowest BCUT2D eigenvalue weighted by molar-refractivity contribution is -0.121. The second kappa shape index (κ2) is 7.74. The molecule has 152 valence electrons. The van der Waals surface area contributed by atoms with Crippen molar-refractivity contribution in [2.24, 2.45) is 14.1 Å². The van der Waals surface area contributed by atoms with Crippen LogP contribution in [-0.2, 0) is 28.4 Å². The second-order valence-electron chi connectivity index (χ2n) is 6.50. The Kier molecular flexibility index (Phi) is 5.35. The van der Waals surface area contributed by atoms with Crippen LogP contribution in [0.1, 0.15) is 23.7 Å². The zero-order valence-electron chi connectivity index (χ0n) is 16.2. The number of aromatic nitrogens is 2. The number of amides is 2. The van der Waals surface area contributed by atoms with E-state index in [9.17, 15) is 24.0 Å². The Morgan fingerprint density at radius 3 is 2.38 bits per heavy atom. The summed E-state index contributed by atoms with van der Waals surface area (Å²) in [4.78, 5) is 61.8. The van der Waals surface area contributed by atoms with Crippen LogP contribution in [0.2, 0.25) is 0 Å². The topological polar surface area (TPSA) is 120 Å². The Bertz CT molecular complexity index is 1100. The van der Waals surface area contributed by atoms with Crippen LogP contribution in [0.4, 0.5) is 11.5 Å². The minimum Gasteiger partial charge on any atom is -0.462 e. The number of imide groups is 1. The highest BCUT2D eigenvalue weighted by atomic mass is 16.5. The van der Waals surface area contributed by atoms with E-state index >= 15 is 0 Å². The number of esters is 1. The second-order valence-corrected chi connectivity index (χ2v) is 6.50. The molecule has 1 N–H and O–H groups in total. The Morgan fingerprint density at radius 2 is 1.76 bits per heavy atom. The maximum atomic E-state index is 12.8.